The molecular formula is C23H24ClN3O4S. The van der Waals surface area contributed by atoms with Gasteiger partial charge in [0, 0.05) is 37.7 Å². The maximum Gasteiger partial charge on any atom is 0.317 e. The zero-order valence-electron chi connectivity index (χ0n) is 17.6. The lowest BCUT2D eigenvalue weighted by Gasteiger charge is -2.34. The van der Waals surface area contributed by atoms with Crippen LogP contribution in [0.2, 0.25) is 5.02 Å². The van der Waals surface area contributed by atoms with Gasteiger partial charge in [0.25, 0.3) is 0 Å². The lowest BCUT2D eigenvalue weighted by Crippen LogP contribution is -2.52. The molecule has 4 rings (SSSR count). The van der Waals surface area contributed by atoms with Gasteiger partial charge in [0.15, 0.2) is 0 Å². The number of hydrogen-bond donors (Lipinski definition) is 1. The molecule has 0 saturated carbocycles. The number of methoxy groups -OCH3 is 1. The Balaban J connectivity index is 1.33. The summed E-state index contributed by atoms with van der Waals surface area (Å²) in [6.07, 6.45) is 0. The van der Waals surface area contributed by atoms with Crippen LogP contribution in [0.5, 0.6) is 5.75 Å². The van der Waals surface area contributed by atoms with Crippen LogP contribution in [-0.2, 0) is 16.6 Å². The van der Waals surface area contributed by atoms with Gasteiger partial charge in [-0.1, -0.05) is 29.8 Å². The first-order valence-corrected chi connectivity index (χ1v) is 12.0. The number of piperazine rings is 1. The number of carbonyl (C=O) groups is 1. The molecule has 3 aromatic carbocycles. The maximum absolute atomic E-state index is 12.8. The number of rotatable bonds is 5. The molecule has 1 aliphatic heterocycles. The standard InChI is InChI=1S/C23H24ClN3O4S/c1-31-21-7-4-18-14-17(2-3-19(18)15-21)16-25-23(28)26-10-12-27(13-11-26)32(29,30)22-8-5-20(24)6-9-22/h2-9,14-15H,10-13,16H2,1H3,(H,25,28). The van der Waals surface area contributed by atoms with Crippen molar-refractivity contribution in [2.24, 2.45) is 0 Å². The zero-order chi connectivity index (χ0) is 22.7. The molecule has 0 bridgehead atoms. The number of amides is 2. The van der Waals surface area contributed by atoms with Crippen LogP contribution in [0, 0.1) is 0 Å². The van der Waals surface area contributed by atoms with Crippen LogP contribution in [0.25, 0.3) is 10.8 Å². The second-order valence-electron chi connectivity index (χ2n) is 7.55. The lowest BCUT2D eigenvalue weighted by molar-refractivity contribution is 0.172. The molecule has 0 unspecified atom stereocenters. The summed E-state index contributed by atoms with van der Waals surface area (Å²) in [5, 5.41) is 5.55. The minimum absolute atomic E-state index is 0.203. The Labute approximate surface area is 192 Å². The molecule has 0 spiro atoms. The van der Waals surface area contributed by atoms with E-state index in [1.165, 1.54) is 16.4 Å². The van der Waals surface area contributed by atoms with Crippen molar-refractivity contribution >= 4 is 38.4 Å². The quantitative estimate of drug-likeness (QED) is 0.612. The normalized spacial score (nSPS) is 15.0. The van der Waals surface area contributed by atoms with Crippen LogP contribution in [0.4, 0.5) is 4.79 Å². The first-order valence-electron chi connectivity index (χ1n) is 10.2. The molecule has 168 valence electrons. The molecule has 0 aliphatic carbocycles. The van der Waals surface area contributed by atoms with Gasteiger partial charge in [-0.15, -0.1) is 0 Å². The van der Waals surface area contributed by atoms with Crippen molar-refractivity contribution in [3.8, 4) is 5.75 Å². The Morgan fingerprint density at radius 2 is 1.62 bits per heavy atom. The minimum Gasteiger partial charge on any atom is -0.497 e. The molecule has 0 aromatic heterocycles. The Bertz CT molecular complexity index is 1220. The summed E-state index contributed by atoms with van der Waals surface area (Å²) in [6, 6.07) is 17.8. The Morgan fingerprint density at radius 3 is 2.31 bits per heavy atom. The Hall–Kier alpha value is -2.81. The second-order valence-corrected chi connectivity index (χ2v) is 9.93. The number of fused-ring (bicyclic) bond motifs is 1. The molecular weight excluding hydrogens is 450 g/mol. The zero-order valence-corrected chi connectivity index (χ0v) is 19.2. The highest BCUT2D eigenvalue weighted by atomic mass is 35.5. The van der Waals surface area contributed by atoms with Crippen molar-refractivity contribution in [3.05, 3.63) is 71.2 Å². The summed E-state index contributed by atoms with van der Waals surface area (Å²) >= 11 is 5.85. The van der Waals surface area contributed by atoms with E-state index < -0.39 is 10.0 Å². The van der Waals surface area contributed by atoms with Gasteiger partial charge in [0.05, 0.1) is 12.0 Å². The van der Waals surface area contributed by atoms with Crippen molar-refractivity contribution < 1.29 is 17.9 Å². The maximum atomic E-state index is 12.8. The Kier molecular flexibility index (Phi) is 6.55. The first-order chi connectivity index (χ1) is 15.4. The number of nitrogens with zero attached hydrogens (tertiary/aromatic N) is 2. The third kappa shape index (κ3) is 4.82. The number of urea groups is 1. The van der Waals surface area contributed by atoms with E-state index in [9.17, 15) is 13.2 Å². The largest absolute Gasteiger partial charge is 0.497 e. The number of carbonyl (C=O) groups excluding carboxylic acids is 1. The van der Waals surface area contributed by atoms with Gasteiger partial charge in [0.2, 0.25) is 10.0 Å². The second kappa shape index (κ2) is 9.36. The van der Waals surface area contributed by atoms with Crippen LogP contribution in [0.1, 0.15) is 5.56 Å². The van der Waals surface area contributed by atoms with Gasteiger partial charge in [-0.2, -0.15) is 4.31 Å². The van der Waals surface area contributed by atoms with Crippen LogP contribution >= 0.6 is 11.6 Å². The van der Waals surface area contributed by atoms with Crippen molar-refractivity contribution in [1.29, 1.82) is 0 Å². The molecule has 7 nitrogen and oxygen atoms in total. The molecule has 2 amide bonds. The van der Waals surface area contributed by atoms with Gasteiger partial charge in [0.1, 0.15) is 5.75 Å². The smallest absolute Gasteiger partial charge is 0.317 e. The fourth-order valence-electron chi connectivity index (χ4n) is 3.69. The summed E-state index contributed by atoms with van der Waals surface area (Å²) < 4.78 is 32.2. The summed E-state index contributed by atoms with van der Waals surface area (Å²) in [7, 11) is -1.96. The van der Waals surface area contributed by atoms with Crippen LogP contribution in [0.15, 0.2) is 65.6 Å². The minimum atomic E-state index is -3.60. The molecule has 1 N–H and O–H groups in total. The van der Waals surface area contributed by atoms with E-state index in [0.29, 0.717) is 24.7 Å². The van der Waals surface area contributed by atoms with Gasteiger partial charge in [-0.25, -0.2) is 13.2 Å². The molecule has 0 atom stereocenters. The van der Waals surface area contributed by atoms with Gasteiger partial charge < -0.3 is 15.0 Å². The molecule has 1 fully saturated rings. The van der Waals surface area contributed by atoms with Crippen LogP contribution < -0.4 is 10.1 Å². The number of ether oxygens (including phenoxy) is 1. The first kappa shape index (κ1) is 22.4. The summed E-state index contributed by atoms with van der Waals surface area (Å²) in [6.45, 7) is 1.54. The predicted octanol–water partition coefficient (Wildman–Crippen LogP) is 3.72. The van der Waals surface area contributed by atoms with Gasteiger partial charge in [-0.3, -0.25) is 0 Å². The van der Waals surface area contributed by atoms with E-state index in [2.05, 4.69) is 5.32 Å². The van der Waals surface area contributed by atoms with E-state index in [0.717, 1.165) is 22.1 Å². The SMILES string of the molecule is COc1ccc2cc(CNC(=O)N3CCN(S(=O)(=O)c4ccc(Cl)cc4)CC3)ccc2c1. The lowest BCUT2D eigenvalue weighted by atomic mass is 10.1. The average Bonchev–Trinajstić information content (AvgIpc) is 2.82. The van der Waals surface area contributed by atoms with Gasteiger partial charge in [-0.05, 0) is 58.8 Å². The van der Waals surface area contributed by atoms with Crippen molar-refractivity contribution in [2.45, 2.75) is 11.4 Å². The topological polar surface area (TPSA) is 79.0 Å². The summed E-state index contributed by atoms with van der Waals surface area (Å²) in [5.74, 6) is 0.802. The molecule has 32 heavy (non-hydrogen) atoms. The monoisotopic (exact) mass is 473 g/mol. The number of benzene rings is 3. The van der Waals surface area contributed by atoms with Crippen molar-refractivity contribution in [2.75, 3.05) is 33.3 Å². The summed E-state index contributed by atoms with van der Waals surface area (Å²) in [4.78, 5) is 14.4. The van der Waals surface area contributed by atoms with E-state index in [-0.39, 0.29) is 24.0 Å². The highest BCUT2D eigenvalue weighted by Gasteiger charge is 2.30. The van der Waals surface area contributed by atoms with Gasteiger partial charge >= 0.3 is 6.03 Å². The summed E-state index contributed by atoms with van der Waals surface area (Å²) in [5.41, 5.74) is 0.986. The molecule has 9 heteroatoms. The molecule has 1 aliphatic rings. The Morgan fingerprint density at radius 1 is 0.969 bits per heavy atom. The van der Waals surface area contributed by atoms with E-state index in [1.54, 1.807) is 24.1 Å². The number of nitrogens with one attached hydrogen (secondary N) is 1. The van der Waals surface area contributed by atoms with Crippen molar-refractivity contribution in [3.63, 3.8) is 0 Å². The molecule has 1 heterocycles. The number of hydrogen-bond acceptors (Lipinski definition) is 4. The molecule has 3 aromatic rings. The van der Waals surface area contributed by atoms with Crippen LogP contribution in [-0.4, -0.2) is 56.9 Å². The van der Waals surface area contributed by atoms with E-state index in [1.807, 2.05) is 36.4 Å². The fourth-order valence-corrected chi connectivity index (χ4v) is 5.24. The highest BCUT2D eigenvalue weighted by Crippen LogP contribution is 2.22. The van der Waals surface area contributed by atoms with Crippen LogP contribution in [0.3, 0.4) is 0 Å². The fraction of sp³-hybridized carbons (Fsp3) is 0.261. The van der Waals surface area contributed by atoms with E-state index in [4.69, 9.17) is 16.3 Å². The average molecular weight is 474 g/mol. The highest BCUT2D eigenvalue weighted by molar-refractivity contribution is 7.89. The third-order valence-corrected chi connectivity index (χ3v) is 7.70. The molecule has 0 radical (unpaired) electrons. The predicted molar refractivity (Wildman–Crippen MR) is 125 cm³/mol. The van der Waals surface area contributed by atoms with Crippen molar-refractivity contribution in [1.82, 2.24) is 14.5 Å². The number of sulfonamides is 1. The number of halogens is 1. The molecule has 1 saturated heterocycles. The van der Waals surface area contributed by atoms with E-state index >= 15 is 0 Å². The third-order valence-electron chi connectivity index (χ3n) is 5.53.